The average molecular weight is 280 g/mol. The first-order valence-electron chi connectivity index (χ1n) is 7.40. The monoisotopic (exact) mass is 280 g/mol. The van der Waals surface area contributed by atoms with Gasteiger partial charge in [-0.2, -0.15) is 0 Å². The first-order valence-corrected chi connectivity index (χ1v) is 7.40. The minimum Gasteiger partial charge on any atom is -0.384 e. The van der Waals surface area contributed by atoms with Crippen molar-refractivity contribution < 1.29 is 9.13 Å². The Bertz CT molecular complexity index is 427. The number of hydrogen-bond donors (Lipinski definition) is 1. The van der Waals surface area contributed by atoms with Gasteiger partial charge in [0.15, 0.2) is 0 Å². The molecule has 0 radical (unpaired) electrons. The zero-order valence-electron chi connectivity index (χ0n) is 12.4. The molecule has 0 spiro atoms. The van der Waals surface area contributed by atoms with E-state index in [1.807, 2.05) is 12.1 Å². The van der Waals surface area contributed by atoms with Gasteiger partial charge in [-0.25, -0.2) is 4.39 Å². The third-order valence-electron chi connectivity index (χ3n) is 4.21. The molecule has 0 amide bonds. The Hall–Kier alpha value is -0.970. The van der Waals surface area contributed by atoms with Crippen LogP contribution in [-0.4, -0.2) is 37.7 Å². The van der Waals surface area contributed by atoms with Crippen molar-refractivity contribution in [2.24, 2.45) is 11.7 Å². The average Bonchev–Trinajstić information content (AvgIpc) is 2.90. The highest BCUT2D eigenvalue weighted by Gasteiger charge is 2.33. The number of methoxy groups -OCH3 is 1. The second-order valence-corrected chi connectivity index (χ2v) is 5.64. The molecule has 3 unspecified atom stereocenters. The van der Waals surface area contributed by atoms with E-state index < -0.39 is 0 Å². The number of ether oxygens (including phenoxy) is 1. The third kappa shape index (κ3) is 3.37. The predicted octanol–water partition coefficient (Wildman–Crippen LogP) is 2.57. The van der Waals surface area contributed by atoms with Crippen LogP contribution >= 0.6 is 0 Å². The Morgan fingerprint density at radius 1 is 1.45 bits per heavy atom. The van der Waals surface area contributed by atoms with Crippen LogP contribution in [0.15, 0.2) is 24.3 Å². The van der Waals surface area contributed by atoms with Gasteiger partial charge in [0.1, 0.15) is 5.82 Å². The molecule has 1 heterocycles. The van der Waals surface area contributed by atoms with Crippen molar-refractivity contribution in [3.05, 3.63) is 35.6 Å². The second kappa shape index (κ2) is 7.16. The van der Waals surface area contributed by atoms with Crippen molar-refractivity contribution in [2.45, 2.75) is 31.8 Å². The lowest BCUT2D eigenvalue weighted by Crippen LogP contribution is -2.40. The lowest BCUT2D eigenvalue weighted by atomic mass is 9.96. The highest BCUT2D eigenvalue weighted by atomic mass is 19.1. The van der Waals surface area contributed by atoms with E-state index in [4.69, 9.17) is 10.5 Å². The Morgan fingerprint density at radius 3 is 2.85 bits per heavy atom. The van der Waals surface area contributed by atoms with Gasteiger partial charge in [-0.05, 0) is 31.4 Å². The molecule has 0 aliphatic carbocycles. The molecule has 1 fully saturated rings. The molecule has 1 aromatic rings. The zero-order chi connectivity index (χ0) is 14.5. The van der Waals surface area contributed by atoms with Crippen LogP contribution in [0.3, 0.4) is 0 Å². The van der Waals surface area contributed by atoms with E-state index >= 15 is 0 Å². The number of nitrogens with zero attached hydrogens (tertiary/aromatic N) is 1. The SMILES string of the molecule is CCC(N)C(c1ccccc1F)N1CCC(COC)C1. The maximum Gasteiger partial charge on any atom is 0.128 e. The van der Waals surface area contributed by atoms with Crippen LogP contribution in [0.25, 0.3) is 0 Å². The number of benzene rings is 1. The van der Waals surface area contributed by atoms with Gasteiger partial charge in [0.05, 0.1) is 12.6 Å². The fraction of sp³-hybridized carbons (Fsp3) is 0.625. The molecule has 0 bridgehead atoms. The van der Waals surface area contributed by atoms with Crippen LogP contribution in [0.2, 0.25) is 0 Å². The van der Waals surface area contributed by atoms with Gasteiger partial charge in [0, 0.05) is 25.3 Å². The Labute approximate surface area is 120 Å². The van der Waals surface area contributed by atoms with Gasteiger partial charge in [-0.3, -0.25) is 4.90 Å². The number of halogens is 1. The summed E-state index contributed by atoms with van der Waals surface area (Å²) in [6, 6.07) is 6.91. The van der Waals surface area contributed by atoms with E-state index in [1.165, 1.54) is 6.07 Å². The quantitative estimate of drug-likeness (QED) is 0.870. The molecular formula is C16H25FN2O. The molecule has 0 saturated carbocycles. The zero-order valence-corrected chi connectivity index (χ0v) is 12.4. The van der Waals surface area contributed by atoms with E-state index in [2.05, 4.69) is 11.8 Å². The first-order chi connectivity index (χ1) is 9.67. The largest absolute Gasteiger partial charge is 0.384 e. The number of rotatable bonds is 6. The Balaban J connectivity index is 2.19. The van der Waals surface area contributed by atoms with Crippen molar-refractivity contribution >= 4 is 0 Å². The molecule has 2 rings (SSSR count). The molecule has 1 aliphatic rings. The molecule has 2 N–H and O–H groups in total. The molecular weight excluding hydrogens is 255 g/mol. The molecule has 1 saturated heterocycles. The van der Waals surface area contributed by atoms with Gasteiger partial charge < -0.3 is 10.5 Å². The van der Waals surface area contributed by atoms with Crippen LogP contribution in [0.5, 0.6) is 0 Å². The standard InChI is InChI=1S/C16H25FN2O/c1-3-15(18)16(13-6-4-5-7-14(13)17)19-9-8-12(10-19)11-20-2/h4-7,12,15-16H,3,8-11,18H2,1-2H3. The molecule has 112 valence electrons. The van der Waals surface area contributed by atoms with Crippen molar-refractivity contribution in [3.63, 3.8) is 0 Å². The maximum atomic E-state index is 14.1. The molecule has 4 heteroatoms. The van der Waals surface area contributed by atoms with Crippen molar-refractivity contribution in [1.82, 2.24) is 4.90 Å². The summed E-state index contributed by atoms with van der Waals surface area (Å²) in [5.74, 6) is 0.370. The lowest BCUT2D eigenvalue weighted by molar-refractivity contribution is 0.141. The van der Waals surface area contributed by atoms with Crippen LogP contribution < -0.4 is 5.73 Å². The Kier molecular flexibility index (Phi) is 5.52. The van der Waals surface area contributed by atoms with Crippen molar-refractivity contribution in [1.29, 1.82) is 0 Å². The molecule has 3 nitrogen and oxygen atoms in total. The van der Waals surface area contributed by atoms with Gasteiger partial charge in [0.25, 0.3) is 0 Å². The van der Waals surface area contributed by atoms with Gasteiger partial charge >= 0.3 is 0 Å². The summed E-state index contributed by atoms with van der Waals surface area (Å²) in [5, 5.41) is 0. The third-order valence-corrected chi connectivity index (χ3v) is 4.21. The number of nitrogens with two attached hydrogens (primary N) is 1. The molecule has 3 atom stereocenters. The highest BCUT2D eigenvalue weighted by molar-refractivity contribution is 5.23. The van der Waals surface area contributed by atoms with Crippen molar-refractivity contribution in [3.8, 4) is 0 Å². The van der Waals surface area contributed by atoms with Crippen LogP contribution in [-0.2, 0) is 4.74 Å². The molecule has 1 aromatic carbocycles. The van der Waals surface area contributed by atoms with Crippen LogP contribution in [0.4, 0.5) is 4.39 Å². The first kappa shape index (κ1) is 15.4. The summed E-state index contributed by atoms with van der Waals surface area (Å²) in [7, 11) is 1.73. The molecule has 20 heavy (non-hydrogen) atoms. The van der Waals surface area contributed by atoms with E-state index in [0.717, 1.165) is 38.1 Å². The van der Waals surface area contributed by atoms with Gasteiger partial charge in [0.2, 0.25) is 0 Å². The van der Waals surface area contributed by atoms with Gasteiger partial charge in [-0.1, -0.05) is 25.1 Å². The fourth-order valence-electron chi connectivity index (χ4n) is 3.12. The minimum atomic E-state index is -0.156. The van der Waals surface area contributed by atoms with Gasteiger partial charge in [-0.15, -0.1) is 0 Å². The van der Waals surface area contributed by atoms with Crippen molar-refractivity contribution in [2.75, 3.05) is 26.8 Å². The maximum absolute atomic E-state index is 14.1. The van der Waals surface area contributed by atoms with E-state index in [9.17, 15) is 4.39 Å². The summed E-state index contributed by atoms with van der Waals surface area (Å²) >= 11 is 0. The topological polar surface area (TPSA) is 38.5 Å². The van der Waals surface area contributed by atoms with E-state index in [0.29, 0.717) is 5.92 Å². The summed E-state index contributed by atoms with van der Waals surface area (Å²) in [5.41, 5.74) is 7.00. The summed E-state index contributed by atoms with van der Waals surface area (Å²) in [6.07, 6.45) is 1.93. The summed E-state index contributed by atoms with van der Waals surface area (Å²) < 4.78 is 19.4. The lowest BCUT2D eigenvalue weighted by Gasteiger charge is -2.33. The normalized spacial score (nSPS) is 22.9. The van der Waals surface area contributed by atoms with Crippen LogP contribution in [0.1, 0.15) is 31.4 Å². The highest BCUT2D eigenvalue weighted by Crippen LogP contribution is 2.32. The summed E-state index contributed by atoms with van der Waals surface area (Å²) in [4.78, 5) is 2.32. The van der Waals surface area contributed by atoms with Crippen LogP contribution in [0, 0.1) is 11.7 Å². The predicted molar refractivity (Wildman–Crippen MR) is 79.0 cm³/mol. The number of likely N-dealkylation sites (tertiary alicyclic amines) is 1. The fourth-order valence-corrected chi connectivity index (χ4v) is 3.12. The number of hydrogen-bond acceptors (Lipinski definition) is 3. The van der Waals surface area contributed by atoms with E-state index in [1.54, 1.807) is 13.2 Å². The molecule has 0 aromatic heterocycles. The minimum absolute atomic E-state index is 0.0388. The Morgan fingerprint density at radius 2 is 2.20 bits per heavy atom. The van der Waals surface area contributed by atoms with E-state index in [-0.39, 0.29) is 17.9 Å². The molecule has 1 aliphatic heterocycles. The smallest absolute Gasteiger partial charge is 0.128 e. The second-order valence-electron chi connectivity index (χ2n) is 5.64. The summed E-state index contributed by atoms with van der Waals surface area (Å²) in [6.45, 7) is 4.71.